The molecule has 45 heavy (non-hydrogen) atoms. The number of hydrogen-bond acceptors (Lipinski definition) is 5. The fourth-order valence-corrected chi connectivity index (χ4v) is 5.89. The Labute approximate surface area is 260 Å². The number of benzene rings is 6. The number of nitrogens with one attached hydrogen (secondary N) is 2. The van der Waals surface area contributed by atoms with Gasteiger partial charge in [-0.25, -0.2) is 9.97 Å². The Kier molecular flexibility index (Phi) is 6.54. The first kappa shape index (κ1) is 26.4. The topological polar surface area (TPSA) is 74.0 Å². The highest BCUT2D eigenvalue weighted by molar-refractivity contribution is 6.55. The molecule has 7 aromatic rings. The molecule has 212 valence electrons. The van der Waals surface area contributed by atoms with Crippen LogP contribution in [0.15, 0.2) is 151 Å². The fourth-order valence-electron chi connectivity index (χ4n) is 5.89. The highest BCUT2D eigenvalue weighted by atomic mass is 15.3. The standard InChI is InChI=1S/C40H27N5/c41-35-24-23-29-19-17-28-18-22-31(25-34(28)37(29)39(35)45-44-32-11-5-2-6-12-32)40-42-36-14-8-7-13-33(36)38(43-40)30-20-15-27(16-21-30)26-9-3-1-4-10-26/h1-25,41,44H/b41-35?,45-39+. The predicted octanol–water partition coefficient (Wildman–Crippen LogP) is 9.65. The molecule has 0 bridgehead atoms. The van der Waals surface area contributed by atoms with Crippen molar-refractivity contribution in [3.63, 3.8) is 0 Å². The van der Waals surface area contributed by atoms with Crippen LogP contribution in [0.3, 0.4) is 0 Å². The van der Waals surface area contributed by atoms with Gasteiger partial charge in [0.05, 0.1) is 22.6 Å². The number of anilines is 1. The van der Waals surface area contributed by atoms with Crippen LogP contribution in [0.25, 0.3) is 61.5 Å². The molecule has 1 aliphatic carbocycles. The van der Waals surface area contributed by atoms with Gasteiger partial charge in [0.15, 0.2) is 5.82 Å². The molecule has 0 aliphatic heterocycles. The second-order valence-electron chi connectivity index (χ2n) is 11.0. The Balaban J connectivity index is 1.26. The lowest BCUT2D eigenvalue weighted by atomic mass is 9.88. The number of allylic oxidation sites excluding steroid dienone is 1. The summed E-state index contributed by atoms with van der Waals surface area (Å²) in [6.45, 7) is 0. The average molecular weight is 578 g/mol. The van der Waals surface area contributed by atoms with Crippen molar-refractivity contribution in [2.45, 2.75) is 0 Å². The summed E-state index contributed by atoms with van der Waals surface area (Å²) in [6.07, 6.45) is 3.78. The van der Waals surface area contributed by atoms with E-state index in [9.17, 15) is 0 Å². The molecule has 5 nitrogen and oxygen atoms in total. The van der Waals surface area contributed by atoms with Gasteiger partial charge in [-0.1, -0.05) is 121 Å². The molecular weight excluding hydrogens is 550 g/mol. The van der Waals surface area contributed by atoms with Gasteiger partial charge >= 0.3 is 0 Å². The molecule has 8 rings (SSSR count). The van der Waals surface area contributed by atoms with Crippen LogP contribution in [0.4, 0.5) is 5.69 Å². The van der Waals surface area contributed by atoms with Crippen molar-refractivity contribution in [2.75, 3.05) is 5.43 Å². The third kappa shape index (κ3) is 4.96. The second-order valence-corrected chi connectivity index (χ2v) is 11.0. The van der Waals surface area contributed by atoms with E-state index >= 15 is 0 Å². The van der Waals surface area contributed by atoms with Crippen LogP contribution >= 0.6 is 0 Å². The minimum Gasteiger partial charge on any atom is -0.299 e. The Hall–Kier alpha value is -6.20. The van der Waals surface area contributed by atoms with E-state index in [0.29, 0.717) is 17.2 Å². The SMILES string of the molecule is N=C1C=Cc2ccc3ccc(-c4nc(-c5ccc(-c6ccccc6)cc5)c5ccccc5n4)cc3c2/C1=N/Nc1ccccc1. The Morgan fingerprint density at radius 3 is 2.04 bits per heavy atom. The summed E-state index contributed by atoms with van der Waals surface area (Å²) in [6, 6.07) is 47.4. The quantitative estimate of drug-likeness (QED) is 0.200. The Morgan fingerprint density at radius 1 is 0.556 bits per heavy atom. The van der Waals surface area contributed by atoms with Gasteiger partial charge in [-0.2, -0.15) is 5.10 Å². The van der Waals surface area contributed by atoms with Crippen molar-refractivity contribution in [3.8, 4) is 33.8 Å². The average Bonchev–Trinajstić information content (AvgIpc) is 3.11. The van der Waals surface area contributed by atoms with Crippen LogP contribution in [-0.2, 0) is 0 Å². The van der Waals surface area contributed by atoms with Crippen LogP contribution in [0, 0.1) is 5.41 Å². The number of nitrogens with zero attached hydrogens (tertiary/aromatic N) is 3. The molecule has 1 aliphatic rings. The number of hydrazone groups is 1. The number of rotatable bonds is 5. The van der Waals surface area contributed by atoms with Gasteiger partial charge in [-0.05, 0) is 57.8 Å². The zero-order valence-electron chi connectivity index (χ0n) is 24.3. The molecule has 1 heterocycles. The molecule has 0 saturated heterocycles. The van der Waals surface area contributed by atoms with Crippen LogP contribution in [0.1, 0.15) is 11.1 Å². The summed E-state index contributed by atoms with van der Waals surface area (Å²) in [7, 11) is 0. The Morgan fingerprint density at radius 2 is 1.22 bits per heavy atom. The zero-order chi connectivity index (χ0) is 30.2. The van der Waals surface area contributed by atoms with Gasteiger partial charge in [-0.15, -0.1) is 0 Å². The van der Waals surface area contributed by atoms with E-state index < -0.39 is 0 Å². The lowest BCUT2D eigenvalue weighted by Gasteiger charge is -2.18. The molecule has 0 saturated carbocycles. The predicted molar refractivity (Wildman–Crippen MR) is 187 cm³/mol. The van der Waals surface area contributed by atoms with Gasteiger partial charge in [0.2, 0.25) is 0 Å². The van der Waals surface area contributed by atoms with Crippen molar-refractivity contribution in [2.24, 2.45) is 5.10 Å². The summed E-state index contributed by atoms with van der Waals surface area (Å²) < 4.78 is 0. The van der Waals surface area contributed by atoms with Gasteiger partial charge in [0.25, 0.3) is 0 Å². The minimum absolute atomic E-state index is 0.354. The van der Waals surface area contributed by atoms with E-state index in [-0.39, 0.29) is 0 Å². The first-order valence-electron chi connectivity index (χ1n) is 14.9. The second kappa shape index (κ2) is 11.1. The van der Waals surface area contributed by atoms with E-state index in [1.807, 2.05) is 60.7 Å². The molecule has 5 heteroatoms. The first-order valence-corrected chi connectivity index (χ1v) is 14.9. The van der Waals surface area contributed by atoms with Gasteiger partial charge in [-0.3, -0.25) is 10.8 Å². The molecule has 0 amide bonds. The normalized spacial score (nSPS) is 13.3. The van der Waals surface area contributed by atoms with E-state index in [1.165, 1.54) is 5.56 Å². The lowest BCUT2D eigenvalue weighted by Crippen LogP contribution is -2.19. The first-order chi connectivity index (χ1) is 22.2. The third-order valence-corrected chi connectivity index (χ3v) is 8.17. The van der Waals surface area contributed by atoms with E-state index in [0.717, 1.165) is 60.9 Å². The van der Waals surface area contributed by atoms with E-state index in [4.69, 9.17) is 20.5 Å². The molecule has 0 atom stereocenters. The molecule has 0 fully saturated rings. The van der Waals surface area contributed by atoms with Crippen LogP contribution < -0.4 is 5.43 Å². The number of hydrogen-bond donors (Lipinski definition) is 2. The minimum atomic E-state index is 0.354. The number of fused-ring (bicyclic) bond motifs is 4. The molecular formula is C40H27N5. The number of aromatic nitrogens is 2. The number of para-hydroxylation sites is 2. The van der Waals surface area contributed by atoms with Crippen molar-refractivity contribution in [1.82, 2.24) is 9.97 Å². The van der Waals surface area contributed by atoms with Crippen molar-refractivity contribution in [1.29, 1.82) is 5.41 Å². The van der Waals surface area contributed by atoms with E-state index in [1.54, 1.807) is 6.08 Å². The summed E-state index contributed by atoms with van der Waals surface area (Å²) >= 11 is 0. The summed E-state index contributed by atoms with van der Waals surface area (Å²) in [5, 5.41) is 16.5. The smallest absolute Gasteiger partial charge is 0.160 e. The Bertz CT molecular complexity index is 2290. The highest BCUT2D eigenvalue weighted by Gasteiger charge is 2.21. The summed E-state index contributed by atoms with van der Waals surface area (Å²) in [5.74, 6) is 0.651. The van der Waals surface area contributed by atoms with Crippen molar-refractivity contribution >= 4 is 44.9 Å². The maximum absolute atomic E-state index is 8.74. The molecule has 6 aromatic carbocycles. The van der Waals surface area contributed by atoms with Gasteiger partial charge < -0.3 is 0 Å². The van der Waals surface area contributed by atoms with Crippen molar-refractivity contribution < 1.29 is 0 Å². The largest absolute Gasteiger partial charge is 0.299 e. The summed E-state index contributed by atoms with van der Waals surface area (Å²) in [4.78, 5) is 10.2. The molecule has 0 unspecified atom stereocenters. The molecule has 2 N–H and O–H groups in total. The van der Waals surface area contributed by atoms with Crippen molar-refractivity contribution in [3.05, 3.63) is 157 Å². The molecule has 0 spiro atoms. The molecule has 0 radical (unpaired) electrons. The third-order valence-electron chi connectivity index (χ3n) is 8.17. The van der Waals surface area contributed by atoms with Crippen LogP contribution in [0.2, 0.25) is 0 Å². The van der Waals surface area contributed by atoms with Crippen LogP contribution in [0.5, 0.6) is 0 Å². The summed E-state index contributed by atoms with van der Waals surface area (Å²) in [5.41, 5.74) is 13.0. The zero-order valence-corrected chi connectivity index (χ0v) is 24.3. The maximum atomic E-state index is 8.74. The maximum Gasteiger partial charge on any atom is 0.160 e. The highest BCUT2D eigenvalue weighted by Crippen LogP contribution is 2.34. The van der Waals surface area contributed by atoms with Gasteiger partial charge in [0.1, 0.15) is 5.71 Å². The lowest BCUT2D eigenvalue weighted by molar-refractivity contribution is 1.23. The van der Waals surface area contributed by atoms with Crippen LogP contribution in [-0.4, -0.2) is 21.4 Å². The fraction of sp³-hybridized carbons (Fsp3) is 0. The monoisotopic (exact) mass is 577 g/mol. The van der Waals surface area contributed by atoms with E-state index in [2.05, 4.69) is 90.4 Å². The van der Waals surface area contributed by atoms with Gasteiger partial charge in [0, 0.05) is 22.1 Å². The molecule has 1 aromatic heterocycles.